The third kappa shape index (κ3) is 2.48. The van der Waals surface area contributed by atoms with E-state index in [0.29, 0.717) is 6.61 Å². The fraction of sp³-hybridized carbons (Fsp3) is 0.857. The number of carbonyl (C=O) groups is 1. The fourth-order valence-corrected chi connectivity index (χ4v) is 0.634. The monoisotopic (exact) mass is 161 g/mol. The van der Waals surface area contributed by atoms with E-state index in [0.717, 1.165) is 0 Å². The van der Waals surface area contributed by atoms with Crippen molar-refractivity contribution in [3.05, 3.63) is 0 Å². The van der Waals surface area contributed by atoms with Gasteiger partial charge in [-0.15, -0.1) is 0 Å². The molecule has 0 bridgehead atoms. The van der Waals surface area contributed by atoms with Crippen LogP contribution >= 0.6 is 0 Å². The third-order valence-corrected chi connectivity index (χ3v) is 1.90. The van der Waals surface area contributed by atoms with Crippen molar-refractivity contribution < 1.29 is 14.6 Å². The lowest BCUT2D eigenvalue weighted by molar-refractivity contribution is -0.145. The Hall–Kier alpha value is -0.610. The lowest BCUT2D eigenvalue weighted by Gasteiger charge is -2.26. The van der Waals surface area contributed by atoms with Crippen LogP contribution in [0.1, 0.15) is 13.8 Å². The van der Waals surface area contributed by atoms with E-state index in [9.17, 15) is 4.79 Å². The van der Waals surface area contributed by atoms with E-state index in [1.807, 2.05) is 0 Å². The Bertz CT molecular complexity index is 145. The summed E-state index contributed by atoms with van der Waals surface area (Å²) in [5.74, 6) is -1.19. The molecule has 0 saturated heterocycles. The van der Waals surface area contributed by atoms with Gasteiger partial charge in [0.1, 0.15) is 5.54 Å². The number of aliphatic carboxylic acids is 1. The van der Waals surface area contributed by atoms with Crippen molar-refractivity contribution in [1.82, 2.24) is 0 Å². The standard InChI is InChI=1S/C7H15NO3/c1-5(4-11-3)7(2,8)6(9)10/h5H,4,8H2,1-3H3,(H,9,10). The molecule has 0 radical (unpaired) electrons. The fourth-order valence-electron chi connectivity index (χ4n) is 0.634. The normalized spacial score (nSPS) is 18.9. The van der Waals surface area contributed by atoms with Gasteiger partial charge in [0.2, 0.25) is 0 Å². The molecule has 0 aromatic carbocycles. The van der Waals surface area contributed by atoms with Gasteiger partial charge in [0.15, 0.2) is 0 Å². The van der Waals surface area contributed by atoms with Crippen LogP contribution in [0.15, 0.2) is 0 Å². The Labute approximate surface area is 66.3 Å². The maximum atomic E-state index is 10.6. The Morgan fingerprint density at radius 1 is 1.82 bits per heavy atom. The van der Waals surface area contributed by atoms with Gasteiger partial charge in [0.25, 0.3) is 0 Å². The lowest BCUT2D eigenvalue weighted by atomic mass is 9.89. The minimum absolute atomic E-state index is 0.190. The molecule has 0 amide bonds. The van der Waals surface area contributed by atoms with Crippen LogP contribution in [0.2, 0.25) is 0 Å². The molecule has 0 fully saturated rings. The Kier molecular flexibility index (Phi) is 3.48. The maximum absolute atomic E-state index is 10.6. The van der Waals surface area contributed by atoms with E-state index in [1.165, 1.54) is 14.0 Å². The van der Waals surface area contributed by atoms with E-state index >= 15 is 0 Å². The number of hydrogen-bond acceptors (Lipinski definition) is 3. The van der Waals surface area contributed by atoms with E-state index in [1.54, 1.807) is 6.92 Å². The zero-order chi connectivity index (χ0) is 9.07. The molecule has 4 nitrogen and oxygen atoms in total. The van der Waals surface area contributed by atoms with Crippen LogP contribution in [0.25, 0.3) is 0 Å². The van der Waals surface area contributed by atoms with Crippen LogP contribution in [-0.4, -0.2) is 30.3 Å². The molecule has 0 heterocycles. The molecule has 2 unspecified atom stereocenters. The van der Waals surface area contributed by atoms with Gasteiger partial charge in [0.05, 0.1) is 6.61 Å². The van der Waals surface area contributed by atoms with Crippen LogP contribution in [0.5, 0.6) is 0 Å². The summed E-state index contributed by atoms with van der Waals surface area (Å²) in [6.45, 7) is 3.59. The lowest BCUT2D eigenvalue weighted by Crippen LogP contribution is -2.51. The minimum Gasteiger partial charge on any atom is -0.480 e. The molecule has 0 saturated carbocycles. The zero-order valence-corrected chi connectivity index (χ0v) is 7.13. The van der Waals surface area contributed by atoms with E-state index in [4.69, 9.17) is 15.6 Å². The molecule has 0 aliphatic rings. The van der Waals surface area contributed by atoms with Gasteiger partial charge < -0.3 is 15.6 Å². The summed E-state index contributed by atoms with van der Waals surface area (Å²) in [4.78, 5) is 10.6. The minimum atomic E-state index is -1.20. The van der Waals surface area contributed by atoms with Gasteiger partial charge in [-0.05, 0) is 6.92 Å². The van der Waals surface area contributed by atoms with Gasteiger partial charge in [-0.2, -0.15) is 0 Å². The number of hydrogen-bond donors (Lipinski definition) is 2. The molecule has 0 spiro atoms. The van der Waals surface area contributed by atoms with Gasteiger partial charge in [-0.1, -0.05) is 6.92 Å². The summed E-state index contributed by atoms with van der Waals surface area (Å²) in [7, 11) is 1.52. The summed E-state index contributed by atoms with van der Waals surface area (Å²) in [6, 6.07) is 0. The smallest absolute Gasteiger partial charge is 0.323 e. The van der Waals surface area contributed by atoms with Crippen molar-refractivity contribution in [2.75, 3.05) is 13.7 Å². The van der Waals surface area contributed by atoms with E-state index < -0.39 is 11.5 Å². The molecular weight excluding hydrogens is 146 g/mol. The summed E-state index contributed by atoms with van der Waals surface area (Å²) in [6.07, 6.45) is 0. The van der Waals surface area contributed by atoms with Crippen molar-refractivity contribution in [2.24, 2.45) is 11.7 Å². The number of carboxylic acid groups (broad SMARTS) is 1. The van der Waals surface area contributed by atoms with Crippen LogP contribution < -0.4 is 5.73 Å². The topological polar surface area (TPSA) is 72.5 Å². The van der Waals surface area contributed by atoms with Crippen molar-refractivity contribution in [3.63, 3.8) is 0 Å². The van der Waals surface area contributed by atoms with Crippen molar-refractivity contribution in [2.45, 2.75) is 19.4 Å². The average molecular weight is 161 g/mol. The highest BCUT2D eigenvalue weighted by Gasteiger charge is 2.34. The van der Waals surface area contributed by atoms with Gasteiger partial charge in [0, 0.05) is 13.0 Å². The highest BCUT2D eigenvalue weighted by molar-refractivity contribution is 5.78. The third-order valence-electron chi connectivity index (χ3n) is 1.90. The molecule has 2 atom stereocenters. The van der Waals surface area contributed by atoms with Gasteiger partial charge in [-0.25, -0.2) is 0 Å². The zero-order valence-electron chi connectivity index (χ0n) is 7.13. The summed E-state index contributed by atoms with van der Waals surface area (Å²) in [5.41, 5.74) is 4.31. The summed E-state index contributed by atoms with van der Waals surface area (Å²) in [5, 5.41) is 8.66. The van der Waals surface area contributed by atoms with E-state index in [2.05, 4.69) is 0 Å². The second-order valence-electron chi connectivity index (χ2n) is 2.94. The highest BCUT2D eigenvalue weighted by Crippen LogP contribution is 2.13. The van der Waals surface area contributed by atoms with Crippen LogP contribution in [0.4, 0.5) is 0 Å². The number of ether oxygens (including phenoxy) is 1. The Morgan fingerprint density at radius 2 is 2.27 bits per heavy atom. The molecule has 0 rings (SSSR count). The van der Waals surface area contributed by atoms with Crippen LogP contribution in [0.3, 0.4) is 0 Å². The van der Waals surface area contributed by atoms with Crippen molar-refractivity contribution in [3.8, 4) is 0 Å². The van der Waals surface area contributed by atoms with Gasteiger partial charge >= 0.3 is 5.97 Å². The molecule has 0 aliphatic carbocycles. The average Bonchev–Trinajstić information content (AvgIpc) is 1.88. The molecule has 4 heteroatoms. The second-order valence-corrected chi connectivity index (χ2v) is 2.94. The molecule has 0 aromatic rings. The SMILES string of the molecule is COCC(C)C(C)(N)C(=O)O. The first-order chi connectivity index (χ1) is 4.92. The highest BCUT2D eigenvalue weighted by atomic mass is 16.5. The van der Waals surface area contributed by atoms with E-state index in [-0.39, 0.29) is 5.92 Å². The summed E-state index contributed by atoms with van der Waals surface area (Å²) >= 11 is 0. The molecule has 3 N–H and O–H groups in total. The number of rotatable bonds is 4. The maximum Gasteiger partial charge on any atom is 0.323 e. The van der Waals surface area contributed by atoms with Crippen LogP contribution in [0, 0.1) is 5.92 Å². The molecule has 11 heavy (non-hydrogen) atoms. The van der Waals surface area contributed by atoms with Crippen molar-refractivity contribution in [1.29, 1.82) is 0 Å². The largest absolute Gasteiger partial charge is 0.480 e. The molecule has 0 aromatic heterocycles. The number of carboxylic acids is 1. The first kappa shape index (κ1) is 10.4. The van der Waals surface area contributed by atoms with Gasteiger partial charge in [-0.3, -0.25) is 4.79 Å². The Morgan fingerprint density at radius 3 is 2.55 bits per heavy atom. The predicted octanol–water partition coefficient (Wildman–Crippen LogP) is 0.0709. The number of nitrogens with two attached hydrogens (primary N) is 1. The van der Waals surface area contributed by atoms with Crippen molar-refractivity contribution >= 4 is 5.97 Å². The second kappa shape index (κ2) is 3.69. The van der Waals surface area contributed by atoms with Crippen LogP contribution in [-0.2, 0) is 9.53 Å². The number of methoxy groups -OCH3 is 1. The quantitative estimate of drug-likeness (QED) is 0.612. The molecule has 66 valence electrons. The first-order valence-electron chi connectivity index (χ1n) is 3.44. The molecular formula is C7H15NO3. The Balaban J connectivity index is 4.17. The summed E-state index contributed by atoms with van der Waals surface area (Å²) < 4.78 is 4.80. The molecule has 0 aliphatic heterocycles. The first-order valence-corrected chi connectivity index (χ1v) is 3.44. The predicted molar refractivity (Wildman–Crippen MR) is 41.3 cm³/mol.